The van der Waals surface area contributed by atoms with E-state index in [4.69, 9.17) is 10.5 Å². The van der Waals surface area contributed by atoms with E-state index in [0.29, 0.717) is 12.2 Å². The molecule has 106 valence electrons. The Bertz CT molecular complexity index is 394. The Labute approximate surface area is 116 Å². The van der Waals surface area contributed by atoms with Crippen LogP contribution in [-0.4, -0.2) is 30.2 Å². The van der Waals surface area contributed by atoms with Crippen molar-refractivity contribution in [2.45, 2.75) is 51.9 Å². The lowest BCUT2D eigenvalue weighted by Crippen LogP contribution is -2.32. The van der Waals surface area contributed by atoms with Crippen LogP contribution in [0.5, 0.6) is 0 Å². The first-order valence-corrected chi connectivity index (χ1v) is 7.39. The number of nitrogens with zero attached hydrogens (tertiary/aromatic N) is 1. The van der Waals surface area contributed by atoms with Crippen LogP contribution in [0.4, 0.5) is 5.69 Å². The third-order valence-electron chi connectivity index (χ3n) is 3.68. The van der Waals surface area contributed by atoms with Gasteiger partial charge < -0.3 is 10.5 Å². The summed E-state index contributed by atoms with van der Waals surface area (Å²) in [7, 11) is 0. The fourth-order valence-electron chi connectivity index (χ4n) is 2.81. The van der Waals surface area contributed by atoms with Crippen LogP contribution in [0.3, 0.4) is 0 Å². The van der Waals surface area contributed by atoms with Crippen molar-refractivity contribution in [3.63, 3.8) is 0 Å². The van der Waals surface area contributed by atoms with Crippen LogP contribution >= 0.6 is 0 Å². The Kier molecular flexibility index (Phi) is 5.23. The van der Waals surface area contributed by atoms with Gasteiger partial charge in [-0.1, -0.05) is 19.1 Å². The van der Waals surface area contributed by atoms with Crippen LogP contribution in [0, 0.1) is 0 Å². The SMILES string of the molecule is CCCN(Cc1cccc(N)c1)CC1CCC(C)O1. The summed E-state index contributed by atoms with van der Waals surface area (Å²) in [5.74, 6) is 0. The quantitative estimate of drug-likeness (QED) is 0.801. The van der Waals surface area contributed by atoms with Crippen LogP contribution < -0.4 is 5.73 Å². The molecule has 0 saturated carbocycles. The van der Waals surface area contributed by atoms with Crippen molar-refractivity contribution in [3.05, 3.63) is 29.8 Å². The van der Waals surface area contributed by atoms with E-state index in [2.05, 4.69) is 30.9 Å². The first kappa shape index (κ1) is 14.4. The van der Waals surface area contributed by atoms with Crippen LogP contribution in [-0.2, 0) is 11.3 Å². The molecule has 2 rings (SSSR count). The molecule has 1 aromatic rings. The Balaban J connectivity index is 1.92. The average molecular weight is 262 g/mol. The van der Waals surface area contributed by atoms with E-state index < -0.39 is 0 Å². The second-order valence-electron chi connectivity index (χ2n) is 5.63. The lowest BCUT2D eigenvalue weighted by atomic mass is 10.1. The van der Waals surface area contributed by atoms with Crippen LogP contribution in [0.2, 0.25) is 0 Å². The normalized spacial score (nSPS) is 23.1. The van der Waals surface area contributed by atoms with Crippen molar-refractivity contribution < 1.29 is 4.74 Å². The molecule has 0 aliphatic carbocycles. The van der Waals surface area contributed by atoms with Gasteiger partial charge in [0.15, 0.2) is 0 Å². The second kappa shape index (κ2) is 6.92. The highest BCUT2D eigenvalue weighted by atomic mass is 16.5. The first-order valence-electron chi connectivity index (χ1n) is 7.39. The second-order valence-corrected chi connectivity index (χ2v) is 5.63. The zero-order valence-corrected chi connectivity index (χ0v) is 12.1. The third-order valence-corrected chi connectivity index (χ3v) is 3.68. The molecule has 1 saturated heterocycles. The van der Waals surface area contributed by atoms with E-state index in [0.717, 1.165) is 25.3 Å². The number of hydrogen-bond acceptors (Lipinski definition) is 3. The minimum Gasteiger partial charge on any atom is -0.399 e. The molecule has 19 heavy (non-hydrogen) atoms. The zero-order valence-electron chi connectivity index (χ0n) is 12.1. The molecule has 1 aliphatic rings. The molecule has 0 amide bonds. The van der Waals surface area contributed by atoms with Gasteiger partial charge in [-0.2, -0.15) is 0 Å². The molecule has 1 aromatic carbocycles. The molecule has 0 bridgehead atoms. The van der Waals surface area contributed by atoms with Gasteiger partial charge in [0.2, 0.25) is 0 Å². The van der Waals surface area contributed by atoms with Gasteiger partial charge in [0, 0.05) is 18.8 Å². The third kappa shape index (κ3) is 4.51. The maximum absolute atomic E-state index is 5.93. The van der Waals surface area contributed by atoms with E-state index in [1.165, 1.54) is 24.8 Å². The number of hydrogen-bond donors (Lipinski definition) is 1. The van der Waals surface area contributed by atoms with Gasteiger partial charge in [-0.05, 0) is 50.4 Å². The number of ether oxygens (including phenoxy) is 1. The Morgan fingerprint density at radius 1 is 1.37 bits per heavy atom. The molecule has 0 radical (unpaired) electrons. The number of anilines is 1. The van der Waals surface area contributed by atoms with Gasteiger partial charge in [-0.15, -0.1) is 0 Å². The van der Waals surface area contributed by atoms with Crippen LogP contribution in [0.25, 0.3) is 0 Å². The summed E-state index contributed by atoms with van der Waals surface area (Å²) >= 11 is 0. The summed E-state index contributed by atoms with van der Waals surface area (Å²) in [6, 6.07) is 8.19. The highest BCUT2D eigenvalue weighted by Gasteiger charge is 2.23. The number of nitrogens with two attached hydrogens (primary N) is 1. The Hall–Kier alpha value is -1.06. The van der Waals surface area contributed by atoms with Gasteiger partial charge >= 0.3 is 0 Å². The number of benzene rings is 1. The molecule has 2 N–H and O–H groups in total. The van der Waals surface area contributed by atoms with E-state index in [1.807, 2.05) is 12.1 Å². The summed E-state index contributed by atoms with van der Waals surface area (Å²) < 4.78 is 5.93. The van der Waals surface area contributed by atoms with Crippen molar-refractivity contribution in [2.24, 2.45) is 0 Å². The molecule has 3 nitrogen and oxygen atoms in total. The number of nitrogen functional groups attached to an aromatic ring is 1. The zero-order chi connectivity index (χ0) is 13.7. The fourth-order valence-corrected chi connectivity index (χ4v) is 2.81. The summed E-state index contributed by atoms with van der Waals surface area (Å²) in [6.07, 6.45) is 4.40. The standard InChI is InChI=1S/C16H26N2O/c1-3-9-18(12-16-8-7-13(2)19-16)11-14-5-4-6-15(17)10-14/h4-6,10,13,16H,3,7-9,11-12,17H2,1-2H3. The minimum atomic E-state index is 0.405. The van der Waals surface area contributed by atoms with Gasteiger partial charge in [0.25, 0.3) is 0 Å². The van der Waals surface area contributed by atoms with Crippen molar-refractivity contribution in [1.82, 2.24) is 4.90 Å². The predicted molar refractivity (Wildman–Crippen MR) is 80.0 cm³/mol. The van der Waals surface area contributed by atoms with E-state index in [9.17, 15) is 0 Å². The molecule has 1 fully saturated rings. The molecule has 3 heteroatoms. The molecule has 0 spiro atoms. The van der Waals surface area contributed by atoms with Crippen molar-refractivity contribution in [3.8, 4) is 0 Å². The molecular formula is C16H26N2O. The smallest absolute Gasteiger partial charge is 0.0706 e. The predicted octanol–water partition coefficient (Wildman–Crippen LogP) is 3.05. The Morgan fingerprint density at radius 3 is 2.84 bits per heavy atom. The van der Waals surface area contributed by atoms with E-state index in [1.54, 1.807) is 0 Å². The topological polar surface area (TPSA) is 38.5 Å². The lowest BCUT2D eigenvalue weighted by Gasteiger charge is -2.25. The summed E-state index contributed by atoms with van der Waals surface area (Å²) in [5.41, 5.74) is 7.98. The molecule has 0 aromatic heterocycles. The minimum absolute atomic E-state index is 0.405. The summed E-state index contributed by atoms with van der Waals surface area (Å²) in [4.78, 5) is 2.48. The molecular weight excluding hydrogens is 236 g/mol. The fraction of sp³-hybridized carbons (Fsp3) is 0.625. The van der Waals surface area contributed by atoms with Gasteiger partial charge in [-0.3, -0.25) is 4.90 Å². The molecule has 2 unspecified atom stereocenters. The van der Waals surface area contributed by atoms with Gasteiger partial charge in [0.05, 0.1) is 12.2 Å². The van der Waals surface area contributed by atoms with Crippen molar-refractivity contribution in [1.29, 1.82) is 0 Å². The summed E-state index contributed by atoms with van der Waals surface area (Å²) in [6.45, 7) is 7.51. The van der Waals surface area contributed by atoms with Gasteiger partial charge in [-0.25, -0.2) is 0 Å². The molecule has 1 aliphatic heterocycles. The summed E-state index contributed by atoms with van der Waals surface area (Å²) in [5, 5.41) is 0. The maximum atomic E-state index is 5.93. The lowest BCUT2D eigenvalue weighted by molar-refractivity contribution is 0.0297. The Morgan fingerprint density at radius 2 is 2.21 bits per heavy atom. The van der Waals surface area contributed by atoms with Crippen LogP contribution in [0.15, 0.2) is 24.3 Å². The van der Waals surface area contributed by atoms with Crippen molar-refractivity contribution in [2.75, 3.05) is 18.8 Å². The molecule has 2 atom stereocenters. The average Bonchev–Trinajstić information content (AvgIpc) is 2.75. The first-order chi connectivity index (χ1) is 9.17. The van der Waals surface area contributed by atoms with E-state index in [-0.39, 0.29) is 0 Å². The highest BCUT2D eigenvalue weighted by Crippen LogP contribution is 2.21. The highest BCUT2D eigenvalue weighted by molar-refractivity contribution is 5.40. The van der Waals surface area contributed by atoms with Gasteiger partial charge in [0.1, 0.15) is 0 Å². The molecule has 1 heterocycles. The largest absolute Gasteiger partial charge is 0.399 e. The van der Waals surface area contributed by atoms with Crippen LogP contribution in [0.1, 0.15) is 38.7 Å². The number of rotatable bonds is 6. The van der Waals surface area contributed by atoms with E-state index >= 15 is 0 Å². The van der Waals surface area contributed by atoms with Crippen molar-refractivity contribution >= 4 is 5.69 Å². The monoisotopic (exact) mass is 262 g/mol. The maximum Gasteiger partial charge on any atom is 0.0706 e.